The van der Waals surface area contributed by atoms with Crippen molar-refractivity contribution in [2.24, 2.45) is 0 Å². The Balaban J connectivity index is 1.63. The largest absolute Gasteiger partial charge is 0.502 e. The summed E-state index contributed by atoms with van der Waals surface area (Å²) in [5.41, 5.74) is 6.52. The Morgan fingerprint density at radius 1 is 0.972 bits per heavy atom. The number of benzene rings is 3. The lowest BCUT2D eigenvalue weighted by Gasteiger charge is -2.09. The Bertz CT molecular complexity index is 1490. The van der Waals surface area contributed by atoms with Crippen molar-refractivity contribution in [2.45, 2.75) is 20.8 Å². The van der Waals surface area contributed by atoms with Crippen LogP contribution < -0.4 is 15.2 Å². The highest BCUT2D eigenvalue weighted by Gasteiger charge is 2.12. The molecule has 0 bridgehead atoms. The fraction of sp³-hybridized carbons (Fsp3) is 0.172. The van der Waals surface area contributed by atoms with Gasteiger partial charge in [-0.25, -0.2) is 4.79 Å². The molecule has 2 N–H and O–H groups in total. The SMILES string of the molecule is COc1cc(C=CC(=O)c2cccc(-n3cc(-c4cc(C)c(C)c(C)c4)[nH]c3=O)c2)cc(OC)c1O. The van der Waals surface area contributed by atoms with Crippen LogP contribution in [0, 0.1) is 20.8 Å². The average Bonchev–Trinajstić information content (AvgIpc) is 3.27. The first-order valence-corrected chi connectivity index (χ1v) is 11.4. The van der Waals surface area contributed by atoms with E-state index < -0.39 is 0 Å². The zero-order chi connectivity index (χ0) is 26.0. The van der Waals surface area contributed by atoms with Crippen molar-refractivity contribution in [1.29, 1.82) is 0 Å². The molecule has 184 valence electrons. The number of phenolic OH excluding ortho intramolecular Hbond substituents is 1. The predicted molar refractivity (Wildman–Crippen MR) is 141 cm³/mol. The highest BCUT2D eigenvalue weighted by Crippen LogP contribution is 2.37. The molecule has 0 amide bonds. The zero-order valence-corrected chi connectivity index (χ0v) is 20.9. The van der Waals surface area contributed by atoms with E-state index >= 15 is 0 Å². The Morgan fingerprint density at radius 3 is 2.22 bits per heavy atom. The second kappa shape index (κ2) is 10.00. The first kappa shape index (κ1) is 24.6. The van der Waals surface area contributed by atoms with Gasteiger partial charge in [0.15, 0.2) is 17.3 Å². The number of nitrogens with zero attached hydrogens (tertiary/aromatic N) is 1. The number of hydrogen-bond acceptors (Lipinski definition) is 5. The van der Waals surface area contributed by atoms with Crippen molar-refractivity contribution < 1.29 is 19.4 Å². The molecule has 4 aromatic rings. The van der Waals surface area contributed by atoms with Crippen LogP contribution in [0.15, 0.2) is 65.6 Å². The van der Waals surface area contributed by atoms with E-state index in [0.717, 1.165) is 16.7 Å². The normalized spacial score (nSPS) is 11.1. The standard InChI is InChI=1S/C29H28N2O5/c1-17-11-22(12-18(2)19(17)3)24-16-31(29(34)30-24)23-8-6-7-21(15-23)25(32)10-9-20-13-26(35-4)28(33)27(14-20)36-5/h6-16,33H,1-5H3,(H,30,34). The second-order valence-electron chi connectivity index (χ2n) is 8.60. The van der Waals surface area contributed by atoms with E-state index in [-0.39, 0.29) is 28.7 Å². The first-order chi connectivity index (χ1) is 17.2. The van der Waals surface area contributed by atoms with Gasteiger partial charge in [-0.3, -0.25) is 9.36 Å². The van der Waals surface area contributed by atoms with Crippen LogP contribution in [-0.4, -0.2) is 34.7 Å². The lowest BCUT2D eigenvalue weighted by molar-refractivity contribution is 0.104. The summed E-state index contributed by atoms with van der Waals surface area (Å²) in [4.78, 5) is 28.6. The van der Waals surface area contributed by atoms with E-state index in [4.69, 9.17) is 9.47 Å². The Morgan fingerprint density at radius 2 is 1.61 bits per heavy atom. The molecule has 36 heavy (non-hydrogen) atoms. The maximum atomic E-state index is 12.9. The van der Waals surface area contributed by atoms with E-state index in [1.807, 2.05) is 13.8 Å². The van der Waals surface area contributed by atoms with Gasteiger partial charge >= 0.3 is 5.69 Å². The molecule has 4 rings (SSSR count). The second-order valence-corrected chi connectivity index (χ2v) is 8.60. The molecule has 1 heterocycles. The highest BCUT2D eigenvalue weighted by atomic mass is 16.5. The molecule has 0 spiro atoms. The van der Waals surface area contributed by atoms with Crippen molar-refractivity contribution in [3.63, 3.8) is 0 Å². The maximum absolute atomic E-state index is 12.9. The van der Waals surface area contributed by atoms with Crippen LogP contribution in [0.5, 0.6) is 17.2 Å². The lowest BCUT2D eigenvalue weighted by atomic mass is 9.99. The van der Waals surface area contributed by atoms with Crippen LogP contribution in [0.25, 0.3) is 23.0 Å². The van der Waals surface area contributed by atoms with Crippen molar-refractivity contribution in [2.75, 3.05) is 14.2 Å². The van der Waals surface area contributed by atoms with Crippen molar-refractivity contribution >= 4 is 11.9 Å². The molecule has 0 saturated carbocycles. The summed E-state index contributed by atoms with van der Waals surface area (Å²) in [6.45, 7) is 6.18. The van der Waals surface area contributed by atoms with Gasteiger partial charge in [-0.2, -0.15) is 0 Å². The fourth-order valence-corrected chi connectivity index (χ4v) is 4.01. The number of H-pyrrole nitrogens is 1. The zero-order valence-electron chi connectivity index (χ0n) is 20.9. The number of rotatable bonds is 7. The number of ketones is 1. The van der Waals surface area contributed by atoms with Crippen LogP contribution in [0.3, 0.4) is 0 Å². The van der Waals surface area contributed by atoms with E-state index in [9.17, 15) is 14.7 Å². The van der Waals surface area contributed by atoms with Gasteiger partial charge in [0.2, 0.25) is 5.75 Å². The van der Waals surface area contributed by atoms with E-state index in [2.05, 4.69) is 24.0 Å². The summed E-state index contributed by atoms with van der Waals surface area (Å²) in [6, 6.07) is 14.2. The third-order valence-electron chi connectivity index (χ3n) is 6.29. The average molecular weight is 485 g/mol. The predicted octanol–water partition coefficient (Wildman–Crippen LogP) is 5.38. The molecular weight excluding hydrogens is 456 g/mol. The minimum atomic E-state index is -0.288. The topological polar surface area (TPSA) is 93.6 Å². The van der Waals surface area contributed by atoms with Crippen LogP contribution in [0.4, 0.5) is 0 Å². The molecule has 0 radical (unpaired) electrons. The molecule has 7 heteroatoms. The number of allylic oxidation sites excluding steroid dienone is 1. The molecule has 0 aliphatic rings. The summed E-state index contributed by atoms with van der Waals surface area (Å²) < 4.78 is 11.8. The van der Waals surface area contributed by atoms with Gasteiger partial charge in [0.05, 0.1) is 25.6 Å². The quantitative estimate of drug-likeness (QED) is 0.271. The lowest BCUT2D eigenvalue weighted by Crippen LogP contribution is -2.14. The van der Waals surface area contributed by atoms with Crippen molar-refractivity contribution in [3.8, 4) is 34.2 Å². The van der Waals surface area contributed by atoms with Crippen molar-refractivity contribution in [3.05, 3.63) is 99.1 Å². The van der Waals surface area contributed by atoms with Gasteiger partial charge in [-0.05, 0) is 85.5 Å². The number of methoxy groups -OCH3 is 2. The number of aryl methyl sites for hydroxylation is 2. The van der Waals surface area contributed by atoms with Gasteiger partial charge in [0, 0.05) is 17.3 Å². The van der Waals surface area contributed by atoms with Gasteiger partial charge in [-0.1, -0.05) is 18.2 Å². The first-order valence-electron chi connectivity index (χ1n) is 11.4. The molecule has 7 nitrogen and oxygen atoms in total. The molecule has 1 aromatic heterocycles. The highest BCUT2D eigenvalue weighted by molar-refractivity contribution is 6.07. The van der Waals surface area contributed by atoms with Crippen LogP contribution in [0.1, 0.15) is 32.6 Å². The van der Waals surface area contributed by atoms with Gasteiger partial charge in [-0.15, -0.1) is 0 Å². The number of ether oxygens (including phenoxy) is 2. The summed E-state index contributed by atoms with van der Waals surface area (Å²) in [7, 11) is 2.88. The summed E-state index contributed by atoms with van der Waals surface area (Å²) in [6.07, 6.45) is 4.79. The number of hydrogen-bond donors (Lipinski definition) is 2. The van der Waals surface area contributed by atoms with Crippen molar-refractivity contribution in [1.82, 2.24) is 9.55 Å². The minimum absolute atomic E-state index is 0.108. The minimum Gasteiger partial charge on any atom is -0.502 e. The third kappa shape index (κ3) is 4.81. The number of imidazole rings is 1. The van der Waals surface area contributed by atoms with E-state index in [0.29, 0.717) is 22.5 Å². The number of aromatic hydroxyl groups is 1. The molecule has 0 atom stereocenters. The smallest absolute Gasteiger partial charge is 0.330 e. The number of nitrogens with one attached hydrogen (secondary N) is 1. The van der Waals surface area contributed by atoms with Crippen LogP contribution >= 0.6 is 0 Å². The maximum Gasteiger partial charge on any atom is 0.330 e. The monoisotopic (exact) mass is 484 g/mol. The Labute approximate surface area is 209 Å². The van der Waals surface area contributed by atoms with Gasteiger partial charge in [0.1, 0.15) is 0 Å². The van der Waals surface area contributed by atoms with Gasteiger partial charge < -0.3 is 19.6 Å². The molecule has 0 aliphatic carbocycles. The number of aromatic nitrogens is 2. The molecule has 0 unspecified atom stereocenters. The van der Waals surface area contributed by atoms with E-state index in [1.165, 1.54) is 30.4 Å². The fourth-order valence-electron chi connectivity index (χ4n) is 4.01. The number of carbonyl (C=O) groups excluding carboxylic acids is 1. The summed E-state index contributed by atoms with van der Waals surface area (Å²) in [5.74, 6) is 0.134. The van der Waals surface area contributed by atoms with E-state index in [1.54, 1.807) is 48.7 Å². The molecular formula is C29H28N2O5. The van der Waals surface area contributed by atoms with Gasteiger partial charge in [0.25, 0.3) is 0 Å². The molecule has 0 saturated heterocycles. The number of aromatic amines is 1. The number of carbonyl (C=O) groups is 1. The third-order valence-corrected chi connectivity index (χ3v) is 6.29. The Hall–Kier alpha value is -4.52. The summed E-state index contributed by atoms with van der Waals surface area (Å²) in [5, 5.41) is 10.1. The molecule has 3 aromatic carbocycles. The van der Waals surface area contributed by atoms with Crippen LogP contribution in [-0.2, 0) is 0 Å². The number of phenols is 1. The van der Waals surface area contributed by atoms with Crippen LogP contribution in [0.2, 0.25) is 0 Å². The Kier molecular flexibility index (Phi) is 6.83. The summed E-state index contributed by atoms with van der Waals surface area (Å²) >= 11 is 0. The molecule has 0 aliphatic heterocycles. The molecule has 0 fully saturated rings.